The van der Waals surface area contributed by atoms with Gasteiger partial charge in [0.15, 0.2) is 0 Å². The summed E-state index contributed by atoms with van der Waals surface area (Å²) < 4.78 is 0. The predicted octanol–water partition coefficient (Wildman–Crippen LogP) is 1.91. The van der Waals surface area contributed by atoms with Gasteiger partial charge in [0.2, 0.25) is 0 Å². The largest absolute Gasteiger partial charge is 3.00 e. The number of fused-ring (bicyclic) bond motifs is 4. The van der Waals surface area contributed by atoms with Crippen molar-refractivity contribution in [2.24, 2.45) is 5.73 Å². The molecule has 0 saturated heterocycles. The van der Waals surface area contributed by atoms with Crippen LogP contribution in [0.5, 0.6) is 0 Å². The summed E-state index contributed by atoms with van der Waals surface area (Å²) >= 11 is 0. The van der Waals surface area contributed by atoms with Crippen molar-refractivity contribution in [2.75, 3.05) is 0 Å². The molecule has 2 aliphatic carbocycles. The maximum atomic E-state index is 6.09. The summed E-state index contributed by atoms with van der Waals surface area (Å²) in [5, 5.41) is 0. The number of halogens is 2. The van der Waals surface area contributed by atoms with Gasteiger partial charge in [-0.15, -0.1) is 16.7 Å². The molecular weight excluding hydrogens is 601 g/mol. The second-order valence-corrected chi connectivity index (χ2v) is 10.3. The van der Waals surface area contributed by atoms with Crippen LogP contribution < -0.4 is 30.5 Å². The third-order valence-electron chi connectivity index (χ3n) is 7.19. The van der Waals surface area contributed by atoms with Crippen molar-refractivity contribution < 1.29 is 51.0 Å². The Morgan fingerprint density at radius 3 is 2.21 bits per heavy atom. The standard InChI is InChI=1S/C31H26N.C2H6Si.2ClH.Zr/c1-2-20-17-29-26(24-12-6-4-10-22(24)19-32)14-8-15-27(29)31(20)28-16-7-13-25-23-11-5-3-9-21(23)18-30(25)28;1-3-2;;;/h3-15,17,31H,2,18-19,32H2,1H3;1-2H3;2*1H;/q-1;;;;+3/p-2. The first-order valence-electron chi connectivity index (χ1n) is 12.5. The maximum absolute atomic E-state index is 6.09. The summed E-state index contributed by atoms with van der Waals surface area (Å²) in [5.74, 6) is 0.268. The first kappa shape index (κ1) is 32.5. The van der Waals surface area contributed by atoms with Crippen LogP contribution in [0.2, 0.25) is 13.1 Å². The molecule has 0 saturated carbocycles. The summed E-state index contributed by atoms with van der Waals surface area (Å²) in [6.45, 7) is 7.13. The van der Waals surface area contributed by atoms with E-state index in [1.54, 1.807) is 0 Å². The fraction of sp³-hybridized carbons (Fsp3) is 0.212. The summed E-state index contributed by atoms with van der Waals surface area (Å²) in [5.41, 5.74) is 21.0. The predicted molar refractivity (Wildman–Crippen MR) is 151 cm³/mol. The van der Waals surface area contributed by atoms with Crippen LogP contribution in [0, 0.1) is 6.07 Å². The van der Waals surface area contributed by atoms with Gasteiger partial charge in [-0.1, -0.05) is 98.4 Å². The van der Waals surface area contributed by atoms with Gasteiger partial charge in [-0.05, 0) is 51.8 Å². The van der Waals surface area contributed by atoms with Gasteiger partial charge in [0.25, 0.3) is 0 Å². The van der Waals surface area contributed by atoms with Crippen LogP contribution in [0.4, 0.5) is 0 Å². The Bertz CT molecular complexity index is 1420. The molecule has 1 unspecified atom stereocenters. The van der Waals surface area contributed by atoms with Crippen LogP contribution in [-0.2, 0) is 39.2 Å². The van der Waals surface area contributed by atoms with Crippen molar-refractivity contribution in [1.82, 2.24) is 0 Å². The van der Waals surface area contributed by atoms with Crippen molar-refractivity contribution in [2.45, 2.75) is 45.3 Å². The molecule has 6 rings (SSSR count). The monoisotopic (exact) mass is 630 g/mol. The van der Waals surface area contributed by atoms with Crippen LogP contribution >= 0.6 is 0 Å². The summed E-state index contributed by atoms with van der Waals surface area (Å²) in [7, 11) is 1.08. The SMILES string of the molecule is CCC1=Cc2c(-c3ccccc3CN)cccc2C1c1[c-]ccc2c1Cc1ccccc1-2.C[Si]C.[Cl-].[Cl-].[Zr+3]. The second kappa shape index (κ2) is 14.6. The van der Waals surface area contributed by atoms with E-state index < -0.39 is 0 Å². The zero-order valence-electron chi connectivity index (χ0n) is 22.1. The van der Waals surface area contributed by atoms with Crippen LogP contribution in [0.25, 0.3) is 28.3 Å². The number of rotatable bonds is 4. The molecule has 4 aromatic carbocycles. The van der Waals surface area contributed by atoms with E-state index in [9.17, 15) is 0 Å². The zero-order valence-corrected chi connectivity index (χ0v) is 27.1. The zero-order chi connectivity index (χ0) is 24.4. The van der Waals surface area contributed by atoms with Crippen molar-refractivity contribution in [1.29, 1.82) is 0 Å². The van der Waals surface area contributed by atoms with E-state index in [0.717, 1.165) is 22.4 Å². The molecule has 5 heteroatoms. The van der Waals surface area contributed by atoms with Gasteiger partial charge < -0.3 is 30.5 Å². The van der Waals surface area contributed by atoms with Crippen LogP contribution in [0.3, 0.4) is 0 Å². The topological polar surface area (TPSA) is 26.0 Å². The van der Waals surface area contributed by atoms with Gasteiger partial charge in [-0.25, -0.2) is 0 Å². The first-order valence-corrected chi connectivity index (χ1v) is 14.5. The number of hydrogen-bond acceptors (Lipinski definition) is 1. The molecule has 0 fully saturated rings. The third-order valence-corrected chi connectivity index (χ3v) is 7.19. The van der Waals surface area contributed by atoms with E-state index in [1.165, 1.54) is 61.2 Å². The van der Waals surface area contributed by atoms with Crippen molar-refractivity contribution in [3.63, 3.8) is 0 Å². The Kier molecular flexibility index (Phi) is 12.5. The van der Waals surface area contributed by atoms with Crippen LogP contribution in [-0.4, -0.2) is 9.52 Å². The Morgan fingerprint density at radius 1 is 0.842 bits per heavy atom. The second-order valence-electron chi connectivity index (χ2n) is 9.29. The van der Waals surface area contributed by atoms with E-state index in [-0.39, 0.29) is 56.9 Å². The van der Waals surface area contributed by atoms with E-state index in [0.29, 0.717) is 6.54 Å². The van der Waals surface area contributed by atoms with Crippen molar-refractivity contribution in [3.8, 4) is 22.3 Å². The van der Waals surface area contributed by atoms with Crippen molar-refractivity contribution >= 4 is 15.6 Å². The van der Waals surface area contributed by atoms with Gasteiger partial charge in [0, 0.05) is 22.0 Å². The molecule has 3 radical (unpaired) electrons. The molecule has 2 N–H and O–H groups in total. The van der Waals surface area contributed by atoms with Gasteiger partial charge in [0.05, 0.1) is 0 Å². The summed E-state index contributed by atoms with van der Waals surface area (Å²) in [6, 6.07) is 32.1. The molecule has 0 amide bonds. The van der Waals surface area contributed by atoms with Gasteiger partial charge >= 0.3 is 26.2 Å². The number of nitrogens with two attached hydrogens (primary N) is 1. The summed E-state index contributed by atoms with van der Waals surface area (Å²) in [6.07, 6.45) is 4.45. The molecule has 2 aliphatic rings. The Labute approximate surface area is 262 Å². The average Bonchev–Trinajstić information content (AvgIpc) is 3.47. The van der Waals surface area contributed by atoms with E-state index in [1.807, 2.05) is 0 Å². The quantitative estimate of drug-likeness (QED) is 0.238. The average molecular weight is 633 g/mol. The first-order chi connectivity index (χ1) is 17.2. The number of allylic oxidation sites excluding steroid dienone is 1. The number of benzene rings is 4. The Balaban J connectivity index is 0.000000809. The molecule has 1 nitrogen and oxygen atoms in total. The minimum absolute atomic E-state index is 0. The van der Waals surface area contributed by atoms with E-state index in [4.69, 9.17) is 5.73 Å². The molecule has 0 spiro atoms. The van der Waals surface area contributed by atoms with E-state index in [2.05, 4.69) is 111 Å². The minimum Gasteiger partial charge on any atom is -1.00 e. The van der Waals surface area contributed by atoms with Crippen LogP contribution in [0.15, 0.2) is 84.4 Å². The maximum Gasteiger partial charge on any atom is 3.00 e. The summed E-state index contributed by atoms with van der Waals surface area (Å²) in [4.78, 5) is 0. The van der Waals surface area contributed by atoms with Crippen molar-refractivity contribution in [3.05, 3.63) is 124 Å². The minimum atomic E-state index is 0. The van der Waals surface area contributed by atoms with E-state index >= 15 is 0 Å². The molecule has 1 atom stereocenters. The molecule has 38 heavy (non-hydrogen) atoms. The molecular formula is C33H32Cl2NSiZr. The molecule has 0 heterocycles. The molecule has 0 bridgehead atoms. The van der Waals surface area contributed by atoms with Crippen LogP contribution in [0.1, 0.15) is 52.6 Å². The fourth-order valence-corrected chi connectivity index (χ4v) is 5.68. The number of hydrogen-bond donors (Lipinski definition) is 1. The smallest absolute Gasteiger partial charge is 1.00 e. The Morgan fingerprint density at radius 2 is 1.50 bits per heavy atom. The van der Waals surface area contributed by atoms with Gasteiger partial charge in [-0.2, -0.15) is 18.2 Å². The van der Waals surface area contributed by atoms with Gasteiger partial charge in [0.1, 0.15) is 0 Å². The fourth-order valence-electron chi connectivity index (χ4n) is 5.68. The third kappa shape index (κ3) is 5.88. The molecule has 0 aliphatic heterocycles. The molecule has 0 aromatic heterocycles. The van der Waals surface area contributed by atoms with Gasteiger partial charge in [-0.3, -0.25) is 0 Å². The normalized spacial score (nSPS) is 13.8. The molecule has 191 valence electrons. The Hall–Kier alpha value is -1.74. The molecule has 4 aromatic rings.